The van der Waals surface area contributed by atoms with Gasteiger partial charge in [0.1, 0.15) is 6.61 Å². The predicted octanol–water partition coefficient (Wildman–Crippen LogP) is 2.63. The summed E-state index contributed by atoms with van der Waals surface area (Å²) in [7, 11) is 0. The number of H-pyrrole nitrogens is 1. The Morgan fingerprint density at radius 2 is 2.00 bits per heavy atom. The highest BCUT2D eigenvalue weighted by atomic mass is 16.5. The van der Waals surface area contributed by atoms with E-state index in [2.05, 4.69) is 9.97 Å². The van der Waals surface area contributed by atoms with Gasteiger partial charge in [0.2, 0.25) is 5.88 Å². The van der Waals surface area contributed by atoms with E-state index in [0.29, 0.717) is 12.5 Å². The van der Waals surface area contributed by atoms with E-state index in [1.165, 1.54) is 0 Å². The van der Waals surface area contributed by atoms with E-state index < -0.39 is 0 Å². The number of pyridine rings is 1. The Morgan fingerprint density at radius 1 is 1.16 bits per heavy atom. The molecule has 2 heterocycles. The summed E-state index contributed by atoms with van der Waals surface area (Å²) in [6.45, 7) is 0.492. The van der Waals surface area contributed by atoms with E-state index in [1.807, 2.05) is 42.5 Å². The molecular formula is C15H14N2O2. The molecule has 0 spiro atoms. The largest absolute Gasteiger partial charge is 0.473 e. The lowest BCUT2D eigenvalue weighted by molar-refractivity contribution is 0.278. The molecular weight excluding hydrogens is 240 g/mol. The van der Waals surface area contributed by atoms with Gasteiger partial charge in [0, 0.05) is 17.1 Å². The topological polar surface area (TPSA) is 58.1 Å². The van der Waals surface area contributed by atoms with Crippen molar-refractivity contribution < 1.29 is 9.84 Å². The van der Waals surface area contributed by atoms with Crippen LogP contribution in [0.2, 0.25) is 0 Å². The van der Waals surface area contributed by atoms with Crippen LogP contribution in [0.4, 0.5) is 0 Å². The minimum Gasteiger partial charge on any atom is -0.473 e. The fourth-order valence-electron chi connectivity index (χ4n) is 1.97. The van der Waals surface area contributed by atoms with E-state index in [4.69, 9.17) is 9.84 Å². The molecule has 0 aliphatic rings. The average molecular weight is 254 g/mol. The van der Waals surface area contributed by atoms with Gasteiger partial charge >= 0.3 is 0 Å². The first-order chi connectivity index (χ1) is 9.35. The number of fused-ring (bicyclic) bond motifs is 1. The van der Waals surface area contributed by atoms with Crippen molar-refractivity contribution >= 4 is 10.9 Å². The van der Waals surface area contributed by atoms with Crippen LogP contribution in [-0.2, 0) is 13.2 Å². The van der Waals surface area contributed by atoms with E-state index in [1.54, 1.807) is 6.20 Å². The smallest absolute Gasteiger partial charge is 0.214 e. The van der Waals surface area contributed by atoms with Gasteiger partial charge in [-0.3, -0.25) is 0 Å². The van der Waals surface area contributed by atoms with Crippen molar-refractivity contribution in [3.8, 4) is 5.88 Å². The summed E-state index contributed by atoms with van der Waals surface area (Å²) in [5.41, 5.74) is 2.78. The zero-order chi connectivity index (χ0) is 13.1. The Kier molecular flexibility index (Phi) is 3.16. The molecule has 0 radical (unpaired) electrons. The van der Waals surface area contributed by atoms with E-state index in [9.17, 15) is 0 Å². The predicted molar refractivity (Wildman–Crippen MR) is 72.8 cm³/mol. The maximum absolute atomic E-state index is 9.08. The van der Waals surface area contributed by atoms with Crippen LogP contribution in [-0.4, -0.2) is 15.1 Å². The number of aliphatic hydroxyl groups is 1. The summed E-state index contributed by atoms with van der Waals surface area (Å²) >= 11 is 0. The van der Waals surface area contributed by atoms with E-state index in [-0.39, 0.29) is 6.61 Å². The van der Waals surface area contributed by atoms with Crippen LogP contribution in [0.3, 0.4) is 0 Å². The van der Waals surface area contributed by atoms with Gasteiger partial charge in [0.25, 0.3) is 0 Å². The lowest BCUT2D eigenvalue weighted by Crippen LogP contribution is -1.96. The lowest BCUT2D eigenvalue weighted by atomic mass is 10.2. The molecule has 0 unspecified atom stereocenters. The number of benzene rings is 1. The van der Waals surface area contributed by atoms with Crippen LogP contribution >= 0.6 is 0 Å². The van der Waals surface area contributed by atoms with Crippen molar-refractivity contribution in [1.29, 1.82) is 0 Å². The number of nitrogens with zero attached hydrogens (tertiary/aromatic N) is 1. The van der Waals surface area contributed by atoms with Gasteiger partial charge in [0.15, 0.2) is 0 Å². The van der Waals surface area contributed by atoms with Crippen molar-refractivity contribution in [2.75, 3.05) is 0 Å². The summed E-state index contributed by atoms with van der Waals surface area (Å²) in [5, 5.41) is 10.1. The molecule has 96 valence electrons. The van der Waals surface area contributed by atoms with E-state index >= 15 is 0 Å². The number of nitrogens with one attached hydrogen (secondary N) is 1. The maximum atomic E-state index is 9.08. The summed E-state index contributed by atoms with van der Waals surface area (Å²) in [6.07, 6.45) is 1.72. The van der Waals surface area contributed by atoms with Gasteiger partial charge < -0.3 is 14.8 Å². The number of aromatic amines is 1. The molecule has 0 amide bonds. The molecule has 4 nitrogen and oxygen atoms in total. The lowest BCUT2D eigenvalue weighted by Gasteiger charge is -2.04. The van der Waals surface area contributed by atoms with Gasteiger partial charge in [-0.2, -0.15) is 0 Å². The van der Waals surface area contributed by atoms with E-state index in [0.717, 1.165) is 22.2 Å². The molecule has 0 aliphatic carbocycles. The highest BCUT2D eigenvalue weighted by Gasteiger charge is 2.03. The fourth-order valence-corrected chi connectivity index (χ4v) is 1.97. The van der Waals surface area contributed by atoms with Gasteiger partial charge in [-0.15, -0.1) is 0 Å². The normalized spacial score (nSPS) is 10.8. The molecule has 0 saturated heterocycles. The Morgan fingerprint density at radius 3 is 2.79 bits per heavy atom. The summed E-state index contributed by atoms with van der Waals surface area (Å²) in [6, 6.07) is 13.7. The second-order valence-electron chi connectivity index (χ2n) is 4.34. The summed E-state index contributed by atoms with van der Waals surface area (Å²) in [5.74, 6) is 0.583. The third-order valence-corrected chi connectivity index (χ3v) is 2.94. The van der Waals surface area contributed by atoms with Crippen molar-refractivity contribution in [3.63, 3.8) is 0 Å². The first-order valence-electron chi connectivity index (χ1n) is 6.10. The number of aromatic nitrogens is 2. The van der Waals surface area contributed by atoms with Crippen LogP contribution in [0.5, 0.6) is 5.88 Å². The molecule has 3 rings (SSSR count). The molecule has 3 aromatic rings. The highest BCUT2D eigenvalue weighted by Crippen LogP contribution is 2.19. The average Bonchev–Trinajstić information content (AvgIpc) is 2.88. The standard InChI is InChI=1S/C15H14N2O2/c18-9-13-6-12-7-15(16-8-14(12)17-13)19-10-11-4-2-1-3-5-11/h1-8,17-18H,9-10H2. The van der Waals surface area contributed by atoms with Crippen molar-refractivity contribution in [1.82, 2.24) is 9.97 Å². The maximum Gasteiger partial charge on any atom is 0.214 e. The van der Waals surface area contributed by atoms with Crippen LogP contribution < -0.4 is 4.74 Å². The molecule has 0 atom stereocenters. The number of aliphatic hydroxyl groups excluding tert-OH is 1. The van der Waals surface area contributed by atoms with Crippen LogP contribution in [0.15, 0.2) is 48.7 Å². The Bertz CT molecular complexity index is 677. The summed E-state index contributed by atoms with van der Waals surface area (Å²) in [4.78, 5) is 7.31. The van der Waals surface area contributed by atoms with Gasteiger partial charge in [-0.1, -0.05) is 30.3 Å². The Balaban J connectivity index is 1.78. The molecule has 0 aliphatic heterocycles. The van der Waals surface area contributed by atoms with Gasteiger partial charge in [-0.25, -0.2) is 4.98 Å². The first kappa shape index (κ1) is 11.7. The van der Waals surface area contributed by atoms with Gasteiger partial charge in [-0.05, 0) is 11.6 Å². The van der Waals surface area contributed by atoms with Crippen molar-refractivity contribution in [3.05, 3.63) is 59.9 Å². The minimum absolute atomic E-state index is 0.00507. The third-order valence-electron chi connectivity index (χ3n) is 2.94. The SMILES string of the molecule is OCc1cc2cc(OCc3ccccc3)ncc2[nH]1. The molecule has 1 aromatic carbocycles. The second kappa shape index (κ2) is 5.12. The fraction of sp³-hybridized carbons (Fsp3) is 0.133. The Hall–Kier alpha value is -2.33. The monoisotopic (exact) mass is 254 g/mol. The van der Waals surface area contributed by atoms with Crippen molar-refractivity contribution in [2.24, 2.45) is 0 Å². The second-order valence-corrected chi connectivity index (χ2v) is 4.34. The quantitative estimate of drug-likeness (QED) is 0.752. The molecule has 2 aromatic heterocycles. The Labute approximate surface area is 110 Å². The summed E-state index contributed by atoms with van der Waals surface area (Å²) < 4.78 is 5.66. The first-order valence-corrected chi connectivity index (χ1v) is 6.10. The zero-order valence-electron chi connectivity index (χ0n) is 10.3. The minimum atomic E-state index is -0.00507. The molecule has 4 heteroatoms. The number of hydrogen-bond donors (Lipinski definition) is 2. The molecule has 0 fully saturated rings. The third kappa shape index (κ3) is 2.58. The number of ether oxygens (including phenoxy) is 1. The van der Waals surface area contributed by atoms with Crippen LogP contribution in [0.25, 0.3) is 10.9 Å². The number of rotatable bonds is 4. The number of hydrogen-bond acceptors (Lipinski definition) is 3. The molecule has 0 bridgehead atoms. The molecule has 0 saturated carbocycles. The molecule has 2 N–H and O–H groups in total. The zero-order valence-corrected chi connectivity index (χ0v) is 10.3. The van der Waals surface area contributed by atoms with Gasteiger partial charge in [0.05, 0.1) is 18.3 Å². The molecule has 19 heavy (non-hydrogen) atoms. The highest BCUT2D eigenvalue weighted by molar-refractivity contribution is 5.80. The van der Waals surface area contributed by atoms with Crippen molar-refractivity contribution in [2.45, 2.75) is 13.2 Å². The van der Waals surface area contributed by atoms with Crippen LogP contribution in [0.1, 0.15) is 11.3 Å². The van der Waals surface area contributed by atoms with Crippen LogP contribution in [0, 0.1) is 0 Å².